The van der Waals surface area contributed by atoms with E-state index in [4.69, 9.17) is 4.74 Å². The molecular formula is C14H16N2O4. The Hall–Kier alpha value is -2.21. The lowest BCUT2D eigenvalue weighted by Crippen LogP contribution is -2.03. The summed E-state index contributed by atoms with van der Waals surface area (Å²) in [6.45, 7) is 2.73. The van der Waals surface area contributed by atoms with Crippen molar-refractivity contribution in [2.45, 2.75) is 19.8 Å². The predicted molar refractivity (Wildman–Crippen MR) is 73.0 cm³/mol. The molecular weight excluding hydrogens is 260 g/mol. The third-order valence-corrected chi connectivity index (χ3v) is 3.02. The van der Waals surface area contributed by atoms with E-state index < -0.39 is 0 Å². The van der Waals surface area contributed by atoms with Crippen molar-refractivity contribution in [3.63, 3.8) is 0 Å². The van der Waals surface area contributed by atoms with Crippen LogP contribution in [0.2, 0.25) is 0 Å². The lowest BCUT2D eigenvalue weighted by Gasteiger charge is -2.04. The average Bonchev–Trinajstić information content (AvgIpc) is 2.79. The van der Waals surface area contributed by atoms with Crippen molar-refractivity contribution in [1.29, 1.82) is 0 Å². The highest BCUT2D eigenvalue weighted by atomic mass is 16.5. The molecule has 0 saturated heterocycles. The van der Waals surface area contributed by atoms with Crippen LogP contribution >= 0.6 is 0 Å². The van der Waals surface area contributed by atoms with Crippen molar-refractivity contribution in [2.24, 2.45) is 0 Å². The number of nitrogens with zero attached hydrogens (tertiary/aromatic N) is 1. The Morgan fingerprint density at radius 1 is 1.45 bits per heavy atom. The van der Waals surface area contributed by atoms with Crippen molar-refractivity contribution in [3.05, 3.63) is 23.3 Å². The van der Waals surface area contributed by atoms with Crippen molar-refractivity contribution >= 4 is 23.3 Å². The van der Waals surface area contributed by atoms with E-state index in [1.54, 1.807) is 13.2 Å². The van der Waals surface area contributed by atoms with Gasteiger partial charge in [0.1, 0.15) is 0 Å². The number of aromatic nitrogens is 2. The van der Waals surface area contributed by atoms with Crippen molar-refractivity contribution < 1.29 is 19.1 Å². The van der Waals surface area contributed by atoms with Gasteiger partial charge in [-0.2, -0.15) is 4.98 Å². The van der Waals surface area contributed by atoms with Crippen molar-refractivity contribution in [3.8, 4) is 6.01 Å². The van der Waals surface area contributed by atoms with Crippen LogP contribution in [0.4, 0.5) is 0 Å². The fourth-order valence-electron chi connectivity index (χ4n) is 2.06. The van der Waals surface area contributed by atoms with Crippen LogP contribution in [0.3, 0.4) is 0 Å². The minimum absolute atomic E-state index is 0.0577. The number of ketones is 1. The smallest absolute Gasteiger partial charge is 0.302 e. The summed E-state index contributed by atoms with van der Waals surface area (Å²) < 4.78 is 9.60. The van der Waals surface area contributed by atoms with E-state index in [1.807, 2.05) is 13.0 Å². The summed E-state index contributed by atoms with van der Waals surface area (Å²) in [7, 11) is 1.61. The Morgan fingerprint density at radius 2 is 2.25 bits per heavy atom. The lowest BCUT2D eigenvalue weighted by atomic mass is 10.0. The number of rotatable bonds is 7. The summed E-state index contributed by atoms with van der Waals surface area (Å²) in [5.74, 6) is 0.0577. The molecule has 0 atom stereocenters. The number of ether oxygens (including phenoxy) is 2. The minimum atomic E-state index is 0.0577. The fourth-order valence-corrected chi connectivity index (χ4v) is 2.06. The van der Waals surface area contributed by atoms with Crippen LogP contribution < -0.4 is 4.74 Å². The van der Waals surface area contributed by atoms with Gasteiger partial charge in [0.2, 0.25) is 0 Å². The quantitative estimate of drug-likeness (QED) is 0.475. The van der Waals surface area contributed by atoms with Crippen molar-refractivity contribution in [1.82, 2.24) is 9.97 Å². The second-order valence-electron chi connectivity index (χ2n) is 4.46. The number of aryl methyl sites for hydroxylation is 1. The maximum atomic E-state index is 12.1. The summed E-state index contributed by atoms with van der Waals surface area (Å²) in [5.41, 5.74) is 2.83. The van der Waals surface area contributed by atoms with Gasteiger partial charge in [0.15, 0.2) is 5.78 Å². The number of nitrogens with one attached hydrogen (secondary N) is 1. The molecule has 1 heterocycles. The SMILES string of the molecule is COCCCC(=O)c1cc2nc(OC=O)[nH]c2cc1C. The topological polar surface area (TPSA) is 81.3 Å². The Kier molecular flexibility index (Phi) is 4.47. The van der Waals surface area contributed by atoms with Crippen LogP contribution in [0.25, 0.3) is 11.0 Å². The van der Waals surface area contributed by atoms with E-state index in [1.165, 1.54) is 0 Å². The summed E-state index contributed by atoms with van der Waals surface area (Å²) in [4.78, 5) is 29.4. The van der Waals surface area contributed by atoms with Crippen LogP contribution in [-0.4, -0.2) is 35.9 Å². The standard InChI is InChI=1S/C14H16N2O4/c1-9-6-11-12(16-14(15-11)20-8-17)7-10(9)13(18)4-3-5-19-2/h6-8H,3-5H2,1-2H3,(H,15,16). The zero-order valence-electron chi connectivity index (χ0n) is 11.4. The molecule has 0 radical (unpaired) electrons. The number of hydrogen-bond donors (Lipinski definition) is 1. The number of methoxy groups -OCH3 is 1. The minimum Gasteiger partial charge on any atom is -0.395 e. The molecule has 2 aromatic rings. The van der Waals surface area contributed by atoms with Gasteiger partial charge in [0.25, 0.3) is 0 Å². The van der Waals surface area contributed by atoms with Crippen LogP contribution in [0, 0.1) is 6.92 Å². The molecule has 0 unspecified atom stereocenters. The second kappa shape index (κ2) is 6.29. The van der Waals surface area contributed by atoms with Gasteiger partial charge in [-0.15, -0.1) is 0 Å². The van der Waals surface area contributed by atoms with Crippen LogP contribution in [0.15, 0.2) is 12.1 Å². The molecule has 6 nitrogen and oxygen atoms in total. The molecule has 6 heteroatoms. The number of carbonyl (C=O) groups excluding carboxylic acids is 2. The van der Waals surface area contributed by atoms with Gasteiger partial charge < -0.3 is 14.5 Å². The number of imidazole rings is 1. The Balaban J connectivity index is 2.26. The average molecular weight is 276 g/mol. The molecule has 0 aliphatic rings. The van der Waals surface area contributed by atoms with E-state index in [9.17, 15) is 9.59 Å². The van der Waals surface area contributed by atoms with E-state index in [2.05, 4.69) is 14.7 Å². The number of fused-ring (bicyclic) bond motifs is 1. The van der Waals surface area contributed by atoms with E-state index in [0.717, 1.165) is 11.1 Å². The van der Waals surface area contributed by atoms with Gasteiger partial charge in [0, 0.05) is 25.7 Å². The number of hydrogen-bond acceptors (Lipinski definition) is 5. The Bertz CT molecular complexity index is 633. The van der Waals surface area contributed by atoms with Gasteiger partial charge in [0.05, 0.1) is 11.0 Å². The molecule has 0 saturated carbocycles. The molecule has 20 heavy (non-hydrogen) atoms. The molecule has 1 aromatic heterocycles. The van der Waals surface area contributed by atoms with Crippen LogP contribution in [0.1, 0.15) is 28.8 Å². The molecule has 0 spiro atoms. The van der Waals surface area contributed by atoms with Crippen LogP contribution in [-0.2, 0) is 9.53 Å². The van der Waals surface area contributed by atoms with Gasteiger partial charge in [-0.05, 0) is 31.0 Å². The van der Waals surface area contributed by atoms with Crippen molar-refractivity contribution in [2.75, 3.05) is 13.7 Å². The summed E-state index contributed by atoms with van der Waals surface area (Å²) in [5, 5.41) is 0. The summed E-state index contributed by atoms with van der Waals surface area (Å²) in [6, 6.07) is 3.66. The summed E-state index contributed by atoms with van der Waals surface area (Å²) in [6.07, 6.45) is 1.12. The predicted octanol–water partition coefficient (Wildman–Crippen LogP) is 2.02. The highest BCUT2D eigenvalue weighted by Crippen LogP contribution is 2.21. The lowest BCUT2D eigenvalue weighted by molar-refractivity contribution is -0.121. The maximum Gasteiger partial charge on any atom is 0.302 e. The van der Waals surface area contributed by atoms with Gasteiger partial charge in [-0.1, -0.05) is 0 Å². The summed E-state index contributed by atoms with van der Waals surface area (Å²) >= 11 is 0. The number of aromatic amines is 1. The first-order valence-corrected chi connectivity index (χ1v) is 6.28. The van der Waals surface area contributed by atoms with Crippen LogP contribution in [0.5, 0.6) is 6.01 Å². The maximum absolute atomic E-state index is 12.1. The monoisotopic (exact) mass is 276 g/mol. The third-order valence-electron chi connectivity index (χ3n) is 3.02. The first-order chi connectivity index (χ1) is 9.65. The molecule has 2 rings (SSSR count). The zero-order valence-corrected chi connectivity index (χ0v) is 11.4. The highest BCUT2D eigenvalue weighted by Gasteiger charge is 2.13. The number of benzene rings is 1. The second-order valence-corrected chi connectivity index (χ2v) is 4.46. The molecule has 0 aliphatic heterocycles. The molecule has 0 aliphatic carbocycles. The normalized spacial score (nSPS) is 10.7. The molecule has 0 bridgehead atoms. The Labute approximate surface area is 116 Å². The van der Waals surface area contributed by atoms with Gasteiger partial charge >= 0.3 is 12.5 Å². The fraction of sp³-hybridized carbons (Fsp3) is 0.357. The molecule has 1 aromatic carbocycles. The molecule has 1 N–H and O–H groups in total. The number of carbonyl (C=O) groups is 2. The van der Waals surface area contributed by atoms with Gasteiger partial charge in [-0.3, -0.25) is 9.59 Å². The van der Waals surface area contributed by atoms with E-state index in [0.29, 0.717) is 37.0 Å². The highest BCUT2D eigenvalue weighted by molar-refractivity contribution is 6.00. The van der Waals surface area contributed by atoms with E-state index >= 15 is 0 Å². The Morgan fingerprint density at radius 3 is 2.95 bits per heavy atom. The largest absolute Gasteiger partial charge is 0.395 e. The molecule has 106 valence electrons. The number of Topliss-reactive ketones (excluding diaryl/α,β-unsaturated/α-hetero) is 1. The van der Waals surface area contributed by atoms with E-state index in [-0.39, 0.29) is 11.8 Å². The third kappa shape index (κ3) is 3.03. The first kappa shape index (κ1) is 14.2. The molecule has 0 amide bonds. The number of H-pyrrole nitrogens is 1. The molecule has 0 fully saturated rings. The first-order valence-electron chi connectivity index (χ1n) is 6.28. The van der Waals surface area contributed by atoms with Gasteiger partial charge in [-0.25, -0.2) is 0 Å². The zero-order chi connectivity index (χ0) is 14.5.